The van der Waals surface area contributed by atoms with Crippen molar-refractivity contribution in [3.63, 3.8) is 0 Å². The fourth-order valence-corrected chi connectivity index (χ4v) is 1.46. The van der Waals surface area contributed by atoms with Crippen molar-refractivity contribution in [2.45, 2.75) is 64.2 Å². The van der Waals surface area contributed by atoms with Crippen LogP contribution in [0.3, 0.4) is 0 Å². The Morgan fingerprint density at radius 2 is 1.38 bits per heavy atom. The number of hydrogen-bond acceptors (Lipinski definition) is 5. The first-order chi connectivity index (χ1) is 20.2. The van der Waals surface area contributed by atoms with Gasteiger partial charge in [0.1, 0.15) is 0 Å². The first-order valence-corrected chi connectivity index (χ1v) is 6.11. The third-order valence-corrected chi connectivity index (χ3v) is 2.41. The number of Topliss-reactive ketones (excluding diaryl/α,β-unsaturated/α-hetero) is 2. The average Bonchev–Trinajstić information content (AvgIpc) is 2.86. The summed E-state index contributed by atoms with van der Waals surface area (Å²) < 4.78 is 193. The van der Waals surface area contributed by atoms with E-state index < -0.39 is 105 Å². The Morgan fingerprint density at radius 1 is 0.875 bits per heavy atom. The van der Waals surface area contributed by atoms with Crippen LogP contribution in [0.1, 0.15) is 95.7 Å². The smallest absolute Gasteiger partial charge is 0.228 e. The van der Waals surface area contributed by atoms with Gasteiger partial charge >= 0.3 is 0 Å². The highest BCUT2D eigenvalue weighted by molar-refractivity contribution is 6.23. The maximum absolute atomic E-state index is 13.3. The van der Waals surface area contributed by atoms with Crippen molar-refractivity contribution < 1.29 is 55.7 Å². The molecule has 0 saturated heterocycles. The van der Waals surface area contributed by atoms with E-state index in [0.717, 1.165) is 14.2 Å². The molecule has 1 aliphatic carbocycles. The maximum Gasteiger partial charge on any atom is 0.228 e. The highest BCUT2D eigenvalue weighted by Crippen LogP contribution is 2.28. The number of carbonyl (C=O) groups excluding carboxylic acids is 2. The molecule has 0 aromatic rings. The summed E-state index contributed by atoms with van der Waals surface area (Å²) >= 11 is 0. The molecule has 1 N–H and O–H groups in total. The lowest BCUT2D eigenvalue weighted by molar-refractivity contribution is -0.121. The molecule has 0 unspecified atom stereocenters. The minimum absolute atomic E-state index is 0.730. The molecule has 0 aliphatic heterocycles. The van der Waals surface area contributed by atoms with E-state index in [-0.39, 0.29) is 0 Å². The molecule has 5 heteroatoms. The van der Waals surface area contributed by atoms with Gasteiger partial charge in [-0.25, -0.2) is 0 Å². The molecule has 1 rings (SSSR count). The SMILES string of the molecule is [2H]C([2H])([2H])C1=C(C([2H])([2H])C([2H])([2H])C([2H])([2H])C([2H])([2H])C([2H])([2H])C([2H])([2H])C([2H])([2H])C([2H])([2H])C([2H])([2H])C([2H])([2H])O)C(=O)C(OC)=C(OC)C1=O. The number of methoxy groups -OCH3 is 2. The number of rotatable bonds is 12. The van der Waals surface area contributed by atoms with Gasteiger partial charge in [0, 0.05) is 46.5 Å². The molecule has 1 aliphatic rings. The normalized spacial score (nSPS) is 36.0. The molecular formula is C19H30O5. The number of ether oxygens (including phenoxy) is 2. The van der Waals surface area contributed by atoms with E-state index in [1.54, 1.807) is 0 Å². The van der Waals surface area contributed by atoms with Gasteiger partial charge in [0.25, 0.3) is 0 Å². The second kappa shape index (κ2) is 11.0. The molecule has 0 fully saturated rings. The Bertz CT molecular complexity index is 1350. The first kappa shape index (κ1) is 4.97. The zero-order valence-corrected chi connectivity index (χ0v) is 12.6. The summed E-state index contributed by atoms with van der Waals surface area (Å²) in [5.74, 6) is -5.94. The van der Waals surface area contributed by atoms with Crippen LogP contribution >= 0.6 is 0 Å². The summed E-state index contributed by atoms with van der Waals surface area (Å²) in [7, 11) is 1.51. The Hall–Kier alpha value is -1.62. The zero-order valence-electron chi connectivity index (χ0n) is 35.6. The molecule has 136 valence electrons. The van der Waals surface area contributed by atoms with E-state index in [4.69, 9.17) is 36.3 Å². The second-order valence-corrected chi connectivity index (χ2v) is 3.71. The van der Waals surface area contributed by atoms with Gasteiger partial charge in [-0.2, -0.15) is 0 Å². The number of hydrogen-bond donors (Lipinski definition) is 1. The van der Waals surface area contributed by atoms with Crippen molar-refractivity contribution in [2.75, 3.05) is 20.8 Å². The fourth-order valence-electron chi connectivity index (χ4n) is 1.46. The second-order valence-electron chi connectivity index (χ2n) is 3.71. The number of carbonyl (C=O) groups is 2. The molecular weight excluding hydrogens is 308 g/mol. The number of aliphatic hydroxyl groups is 1. The fraction of sp³-hybridized carbons (Fsp3) is 0.684. The maximum atomic E-state index is 13.3. The lowest BCUT2D eigenvalue weighted by Crippen LogP contribution is -2.25. The molecule has 0 amide bonds. The predicted molar refractivity (Wildman–Crippen MR) is 92.4 cm³/mol. The van der Waals surface area contributed by atoms with Gasteiger partial charge in [-0.1, -0.05) is 38.2 Å². The Labute approximate surface area is 177 Å². The molecule has 0 radical (unpaired) electrons. The highest BCUT2D eigenvalue weighted by atomic mass is 16.5. The topological polar surface area (TPSA) is 72.8 Å². The minimum Gasteiger partial charge on any atom is -0.489 e. The van der Waals surface area contributed by atoms with Gasteiger partial charge in [0.2, 0.25) is 23.1 Å². The van der Waals surface area contributed by atoms with Crippen molar-refractivity contribution in [1.82, 2.24) is 0 Å². The van der Waals surface area contributed by atoms with Gasteiger partial charge in [0.15, 0.2) is 0 Å². The molecule has 0 atom stereocenters. The molecule has 0 aromatic heterocycles. The summed E-state index contributed by atoms with van der Waals surface area (Å²) in [4.78, 5) is 26.4. The van der Waals surface area contributed by atoms with E-state index in [9.17, 15) is 14.7 Å². The van der Waals surface area contributed by atoms with Crippen LogP contribution in [0, 0.1) is 0 Å². The van der Waals surface area contributed by atoms with Gasteiger partial charge in [-0.15, -0.1) is 0 Å². The van der Waals surface area contributed by atoms with Crippen LogP contribution in [0.25, 0.3) is 0 Å². The summed E-state index contributed by atoms with van der Waals surface area (Å²) in [6.45, 7) is -8.06. The van der Waals surface area contributed by atoms with Crippen molar-refractivity contribution in [3.05, 3.63) is 22.7 Å². The molecule has 0 heterocycles. The van der Waals surface area contributed by atoms with Crippen LogP contribution in [0.15, 0.2) is 22.7 Å². The van der Waals surface area contributed by atoms with Crippen LogP contribution in [0.4, 0.5) is 0 Å². The monoisotopic (exact) mass is 361 g/mol. The number of allylic oxidation sites excluding steroid dienone is 2. The molecule has 5 nitrogen and oxygen atoms in total. The summed E-state index contributed by atoms with van der Waals surface area (Å²) in [5.41, 5.74) is -3.72. The Balaban J connectivity index is 4.15. The summed E-state index contributed by atoms with van der Waals surface area (Å²) in [5, 5.41) is 9.50. The Kier molecular flexibility index (Phi) is 2.28. The minimum atomic E-state index is -4.91. The lowest BCUT2D eigenvalue weighted by Gasteiger charge is -2.20. The van der Waals surface area contributed by atoms with Crippen molar-refractivity contribution in [3.8, 4) is 0 Å². The van der Waals surface area contributed by atoms with E-state index in [2.05, 4.69) is 4.74 Å². The molecule has 0 bridgehead atoms. The van der Waals surface area contributed by atoms with Crippen LogP contribution in [0.5, 0.6) is 0 Å². The van der Waals surface area contributed by atoms with E-state index in [1.165, 1.54) is 0 Å². The van der Waals surface area contributed by atoms with Crippen LogP contribution < -0.4 is 0 Å². The molecule has 0 saturated carbocycles. The first-order valence-electron chi connectivity index (χ1n) is 17.6. The standard InChI is InChI=1S/C19H30O5/c1-14-15(12-10-8-6-4-5-7-9-11-13-20)17(22)19(24-3)18(23-2)16(14)21/h20H,4-13H2,1-3H3/i1D3,4D2,5D2,6D2,7D2,8D2,9D2,10D2,11D2,12D2,13D2. The predicted octanol–water partition coefficient (Wildman–Crippen LogP) is 3.46. The van der Waals surface area contributed by atoms with Crippen LogP contribution in [-0.2, 0) is 19.1 Å². The quantitative estimate of drug-likeness (QED) is 0.539. The Morgan fingerprint density at radius 3 is 1.88 bits per heavy atom. The van der Waals surface area contributed by atoms with Crippen molar-refractivity contribution in [2.24, 2.45) is 0 Å². The van der Waals surface area contributed by atoms with Gasteiger partial charge in [-0.3, -0.25) is 9.59 Å². The van der Waals surface area contributed by atoms with Gasteiger partial charge in [-0.05, 0) is 26.0 Å². The van der Waals surface area contributed by atoms with Crippen LogP contribution in [0.2, 0.25) is 0 Å². The third kappa shape index (κ3) is 5.48. The largest absolute Gasteiger partial charge is 0.489 e. The summed E-state index contributed by atoms with van der Waals surface area (Å²) in [6, 6.07) is 0. The molecule has 24 heavy (non-hydrogen) atoms. The van der Waals surface area contributed by atoms with E-state index in [1.807, 2.05) is 0 Å². The van der Waals surface area contributed by atoms with Crippen molar-refractivity contribution in [1.29, 1.82) is 0 Å². The van der Waals surface area contributed by atoms with Crippen LogP contribution in [-0.4, -0.2) is 37.5 Å². The van der Waals surface area contributed by atoms with Crippen molar-refractivity contribution >= 4 is 11.6 Å². The van der Waals surface area contributed by atoms with Gasteiger partial charge in [0.05, 0.1) is 17.0 Å². The molecule has 0 aromatic carbocycles. The van der Waals surface area contributed by atoms with Gasteiger partial charge < -0.3 is 14.6 Å². The average molecular weight is 362 g/mol. The number of ketones is 2. The third-order valence-electron chi connectivity index (χ3n) is 2.41. The molecule has 0 spiro atoms. The highest BCUT2D eigenvalue weighted by Gasteiger charge is 2.34. The van der Waals surface area contributed by atoms with E-state index in [0.29, 0.717) is 0 Å². The lowest BCUT2D eigenvalue weighted by atomic mass is 9.89. The zero-order chi connectivity index (χ0) is 38.4. The summed E-state index contributed by atoms with van der Waals surface area (Å²) in [6.07, 6.45) is -42.6. The van der Waals surface area contributed by atoms with E-state index >= 15 is 0 Å².